The van der Waals surface area contributed by atoms with Gasteiger partial charge in [-0.3, -0.25) is 23.9 Å². The molecule has 2 aliphatic heterocycles. The van der Waals surface area contributed by atoms with E-state index in [4.69, 9.17) is 15.2 Å². The van der Waals surface area contributed by atoms with Crippen molar-refractivity contribution in [2.24, 2.45) is 0 Å². The molecule has 0 aliphatic carbocycles. The molecule has 3 aromatic rings. The van der Waals surface area contributed by atoms with Crippen LogP contribution in [0, 0.1) is 0 Å². The molecule has 1 aromatic carbocycles. The third-order valence-electron chi connectivity index (χ3n) is 6.45. The number of nitrogens with one attached hydrogen (secondary N) is 1. The van der Waals surface area contributed by atoms with Crippen LogP contribution in [0.2, 0.25) is 0 Å². The number of fused-ring (bicyclic) bond motifs is 2. The Balaban J connectivity index is 1.52. The van der Waals surface area contributed by atoms with Crippen molar-refractivity contribution < 1.29 is 29.3 Å². The predicted octanol–water partition coefficient (Wildman–Crippen LogP) is 0.150. The van der Waals surface area contributed by atoms with Gasteiger partial charge in [0.15, 0.2) is 17.4 Å². The van der Waals surface area contributed by atoms with E-state index in [-0.39, 0.29) is 28.2 Å². The van der Waals surface area contributed by atoms with Crippen molar-refractivity contribution in [2.75, 3.05) is 12.3 Å². The van der Waals surface area contributed by atoms with Gasteiger partial charge in [0.25, 0.3) is 17.4 Å². The van der Waals surface area contributed by atoms with Crippen molar-refractivity contribution in [3.8, 4) is 0 Å². The number of nitrogens with zero attached hydrogens (tertiary/aromatic N) is 4. The molecule has 0 bridgehead atoms. The molecule has 1 unspecified atom stereocenters. The Morgan fingerprint density at radius 1 is 1.22 bits per heavy atom. The average molecular weight is 498 g/mol. The minimum atomic E-state index is -1.32. The first kappa shape index (κ1) is 24.1. The lowest BCUT2D eigenvalue weighted by Gasteiger charge is -2.32. The summed E-state index contributed by atoms with van der Waals surface area (Å²) in [7, 11) is 0. The molecule has 13 heteroatoms. The molecule has 5 rings (SSSR count). The number of imidazole rings is 1. The number of carbonyl (C=O) groups excluding carboxylic acids is 2. The normalized spacial score (nSPS) is 24.6. The second kappa shape index (κ2) is 9.43. The van der Waals surface area contributed by atoms with Gasteiger partial charge in [-0.15, -0.1) is 0 Å². The Bertz CT molecular complexity index is 1340. The lowest BCUT2D eigenvalue weighted by molar-refractivity contribution is -0.133. The van der Waals surface area contributed by atoms with Gasteiger partial charge in [0, 0.05) is 0 Å². The number of ether oxygens (including phenoxy) is 2. The standard InChI is InChI=1S/C23H26N6O7/c1-2-3-8-14(29-20(33)11-6-4-5-7-12(11)21(29)34)36-17-16(31)13(9-30)35-22(17)28-10-25-15-18(28)26-23(24)27-19(15)32/h4-7,10,13-14,16-17,22,30-31H,2-3,8-9H2,1H3,(H3,24,26,27,32)/t13-,14?,16-,17-,22-/m1/s1. The van der Waals surface area contributed by atoms with E-state index in [0.717, 1.165) is 11.3 Å². The maximum absolute atomic E-state index is 13.2. The Morgan fingerprint density at radius 3 is 2.56 bits per heavy atom. The number of aromatic nitrogens is 4. The van der Waals surface area contributed by atoms with Crippen LogP contribution in [-0.2, 0) is 9.47 Å². The maximum atomic E-state index is 13.2. The zero-order valence-electron chi connectivity index (χ0n) is 19.4. The smallest absolute Gasteiger partial charge is 0.280 e. The van der Waals surface area contributed by atoms with E-state index in [0.29, 0.717) is 12.8 Å². The van der Waals surface area contributed by atoms with Gasteiger partial charge in [0.2, 0.25) is 5.95 Å². The van der Waals surface area contributed by atoms with Crippen molar-refractivity contribution in [3.63, 3.8) is 0 Å². The second-order valence-corrected chi connectivity index (χ2v) is 8.74. The van der Waals surface area contributed by atoms with Gasteiger partial charge in [-0.25, -0.2) is 9.88 Å². The molecule has 5 atom stereocenters. The number of aliphatic hydroxyl groups is 2. The number of aromatic amines is 1. The molecule has 0 radical (unpaired) electrons. The molecule has 190 valence electrons. The Morgan fingerprint density at radius 2 is 1.92 bits per heavy atom. The molecule has 13 nitrogen and oxygen atoms in total. The summed E-state index contributed by atoms with van der Waals surface area (Å²) in [6, 6.07) is 6.51. The number of nitrogen functional groups attached to an aromatic ring is 1. The summed E-state index contributed by atoms with van der Waals surface area (Å²) < 4.78 is 13.5. The number of aliphatic hydroxyl groups excluding tert-OH is 2. The number of anilines is 1. The lowest BCUT2D eigenvalue weighted by atomic mass is 10.1. The number of benzene rings is 1. The van der Waals surface area contributed by atoms with Crippen LogP contribution in [-0.4, -0.2) is 77.6 Å². The van der Waals surface area contributed by atoms with Crippen LogP contribution in [0.5, 0.6) is 0 Å². The molecule has 1 fully saturated rings. The van der Waals surface area contributed by atoms with E-state index in [1.807, 2.05) is 6.92 Å². The van der Waals surface area contributed by atoms with Crippen molar-refractivity contribution in [3.05, 3.63) is 52.1 Å². The van der Waals surface area contributed by atoms with Crippen molar-refractivity contribution >= 4 is 28.9 Å². The van der Waals surface area contributed by atoms with Gasteiger partial charge < -0.3 is 25.4 Å². The highest BCUT2D eigenvalue weighted by Crippen LogP contribution is 2.36. The third kappa shape index (κ3) is 3.86. The first-order chi connectivity index (χ1) is 17.3. The maximum Gasteiger partial charge on any atom is 0.280 e. The van der Waals surface area contributed by atoms with Crippen molar-refractivity contribution in [1.29, 1.82) is 0 Å². The van der Waals surface area contributed by atoms with E-state index in [1.54, 1.807) is 24.3 Å². The van der Waals surface area contributed by atoms with Gasteiger partial charge in [-0.1, -0.05) is 25.5 Å². The topological polar surface area (TPSA) is 186 Å². The van der Waals surface area contributed by atoms with Gasteiger partial charge in [0.1, 0.15) is 24.5 Å². The minimum absolute atomic E-state index is 0.00336. The van der Waals surface area contributed by atoms with Crippen LogP contribution < -0.4 is 11.3 Å². The molecule has 2 amide bonds. The Labute approximate surface area is 204 Å². The molecular formula is C23H26N6O7. The van der Waals surface area contributed by atoms with Crippen LogP contribution in [0.4, 0.5) is 5.95 Å². The minimum Gasteiger partial charge on any atom is -0.394 e. The van der Waals surface area contributed by atoms with Crippen LogP contribution in [0.3, 0.4) is 0 Å². The largest absolute Gasteiger partial charge is 0.394 e. The van der Waals surface area contributed by atoms with E-state index in [1.165, 1.54) is 10.9 Å². The fourth-order valence-electron chi connectivity index (χ4n) is 4.66. The third-order valence-corrected chi connectivity index (χ3v) is 6.45. The number of nitrogens with two attached hydrogens (primary N) is 1. The van der Waals surface area contributed by atoms with Crippen LogP contribution in [0.15, 0.2) is 35.4 Å². The molecule has 0 spiro atoms. The number of unbranched alkanes of at least 4 members (excludes halogenated alkanes) is 1. The summed E-state index contributed by atoms with van der Waals surface area (Å²) in [6.45, 7) is 1.44. The summed E-state index contributed by atoms with van der Waals surface area (Å²) in [5.74, 6) is -1.13. The number of H-pyrrole nitrogens is 1. The molecule has 4 heterocycles. The predicted molar refractivity (Wildman–Crippen MR) is 125 cm³/mol. The monoisotopic (exact) mass is 498 g/mol. The molecule has 5 N–H and O–H groups in total. The number of carbonyl (C=O) groups is 2. The van der Waals surface area contributed by atoms with Crippen LogP contribution in [0.1, 0.15) is 53.1 Å². The molecule has 1 saturated heterocycles. The zero-order chi connectivity index (χ0) is 25.6. The Hall–Kier alpha value is -3.65. The summed E-state index contributed by atoms with van der Waals surface area (Å²) in [6.07, 6.45) is -2.59. The number of amides is 2. The summed E-state index contributed by atoms with van der Waals surface area (Å²) in [5, 5.41) is 20.8. The van der Waals surface area contributed by atoms with E-state index in [2.05, 4.69) is 15.0 Å². The van der Waals surface area contributed by atoms with Crippen molar-refractivity contribution in [2.45, 2.75) is 57.0 Å². The van der Waals surface area contributed by atoms with Crippen LogP contribution in [0.25, 0.3) is 11.2 Å². The van der Waals surface area contributed by atoms with Gasteiger partial charge in [-0.05, 0) is 25.0 Å². The molecule has 2 aromatic heterocycles. The molecule has 0 saturated carbocycles. The van der Waals surface area contributed by atoms with Crippen LogP contribution >= 0.6 is 0 Å². The van der Waals surface area contributed by atoms with E-state index >= 15 is 0 Å². The van der Waals surface area contributed by atoms with E-state index in [9.17, 15) is 24.6 Å². The average Bonchev–Trinajstić information content (AvgIpc) is 3.50. The molecular weight excluding hydrogens is 472 g/mol. The number of hydrogen-bond acceptors (Lipinski definition) is 10. The SMILES string of the molecule is CCCCC(O[C@@H]1[C@H](O)[C@@H](CO)O[C@H]1n1cnc2c(=O)[nH]c(N)nc21)N1C(=O)c2ccccc2C1=O. The molecule has 36 heavy (non-hydrogen) atoms. The fraction of sp³-hybridized carbons (Fsp3) is 0.435. The second-order valence-electron chi connectivity index (χ2n) is 8.74. The van der Waals surface area contributed by atoms with Gasteiger partial charge >= 0.3 is 0 Å². The zero-order valence-corrected chi connectivity index (χ0v) is 19.4. The fourth-order valence-corrected chi connectivity index (χ4v) is 4.66. The lowest BCUT2D eigenvalue weighted by Crippen LogP contribution is -2.47. The first-order valence-electron chi connectivity index (χ1n) is 11.6. The molecule has 2 aliphatic rings. The summed E-state index contributed by atoms with van der Waals surface area (Å²) >= 11 is 0. The summed E-state index contributed by atoms with van der Waals surface area (Å²) in [5.41, 5.74) is 5.79. The highest BCUT2D eigenvalue weighted by molar-refractivity contribution is 6.21. The highest BCUT2D eigenvalue weighted by atomic mass is 16.6. The van der Waals surface area contributed by atoms with Gasteiger partial charge in [-0.2, -0.15) is 4.98 Å². The summed E-state index contributed by atoms with van der Waals surface area (Å²) in [4.78, 5) is 50.2. The highest BCUT2D eigenvalue weighted by Gasteiger charge is 2.49. The first-order valence-corrected chi connectivity index (χ1v) is 11.6. The van der Waals surface area contributed by atoms with Crippen molar-refractivity contribution in [1.82, 2.24) is 24.4 Å². The number of rotatable bonds is 8. The quantitative estimate of drug-likeness (QED) is 0.311. The Kier molecular flexibility index (Phi) is 6.30. The number of hydrogen-bond donors (Lipinski definition) is 4. The van der Waals surface area contributed by atoms with E-state index < -0.39 is 54.7 Å². The number of imide groups is 1. The van der Waals surface area contributed by atoms with Gasteiger partial charge in [0.05, 0.1) is 24.1 Å².